The van der Waals surface area contributed by atoms with Crippen LogP contribution in [0.5, 0.6) is 0 Å². The number of hydrogen-bond donors (Lipinski definition) is 1. The zero-order valence-corrected chi connectivity index (χ0v) is 13.5. The number of carbonyl (C=O) groups is 2. The number of carbonyl (C=O) groups excluding carboxylic acids is 2. The van der Waals surface area contributed by atoms with E-state index in [4.69, 9.17) is 0 Å². The molecule has 0 bridgehead atoms. The molecular weight excluding hydrogens is 266 g/mol. The quantitative estimate of drug-likeness (QED) is 0.859. The minimum Gasteiger partial charge on any atom is -0.342 e. The standard InChI is InChI=1S/C16H23N3O2/c1-9-7-8-12(10(2)17-9)19-11(3)14(20)18-13(15(19)21)16(4,5)6/h7-8,11,13H,1-6H3,(H,18,20). The van der Waals surface area contributed by atoms with Gasteiger partial charge in [-0.15, -0.1) is 0 Å². The highest BCUT2D eigenvalue weighted by molar-refractivity contribution is 6.08. The van der Waals surface area contributed by atoms with Gasteiger partial charge in [0.05, 0.1) is 11.4 Å². The molecule has 5 heteroatoms. The van der Waals surface area contributed by atoms with Crippen LogP contribution in [0.1, 0.15) is 39.1 Å². The SMILES string of the molecule is Cc1ccc(N2C(=O)C(C(C)(C)C)NC(=O)C2C)c(C)n1. The van der Waals surface area contributed by atoms with E-state index in [2.05, 4.69) is 10.3 Å². The van der Waals surface area contributed by atoms with E-state index in [9.17, 15) is 9.59 Å². The van der Waals surface area contributed by atoms with Gasteiger partial charge in [-0.05, 0) is 38.3 Å². The number of nitrogens with one attached hydrogen (secondary N) is 1. The van der Waals surface area contributed by atoms with Crippen molar-refractivity contribution in [1.29, 1.82) is 0 Å². The molecule has 0 aliphatic carbocycles. The Bertz CT molecular complexity index is 590. The molecule has 1 saturated heterocycles. The molecule has 1 aromatic heterocycles. The van der Waals surface area contributed by atoms with Crippen LogP contribution in [0.4, 0.5) is 5.69 Å². The molecular formula is C16H23N3O2. The van der Waals surface area contributed by atoms with Gasteiger partial charge in [0.25, 0.3) is 5.91 Å². The minimum absolute atomic E-state index is 0.0802. The monoisotopic (exact) mass is 289 g/mol. The Kier molecular flexibility index (Phi) is 3.78. The number of nitrogens with zero attached hydrogens (tertiary/aromatic N) is 2. The van der Waals surface area contributed by atoms with Crippen molar-refractivity contribution in [2.75, 3.05) is 4.90 Å². The second-order valence-corrected chi connectivity index (χ2v) is 6.75. The molecule has 2 amide bonds. The molecule has 0 aromatic carbocycles. The lowest BCUT2D eigenvalue weighted by atomic mass is 9.84. The number of rotatable bonds is 1. The number of aromatic nitrogens is 1. The number of amides is 2. The Hall–Kier alpha value is -1.91. The Morgan fingerprint density at radius 1 is 1.19 bits per heavy atom. The van der Waals surface area contributed by atoms with Gasteiger partial charge in [-0.1, -0.05) is 20.8 Å². The van der Waals surface area contributed by atoms with E-state index in [1.807, 2.05) is 46.8 Å². The van der Waals surface area contributed by atoms with Crippen molar-refractivity contribution in [1.82, 2.24) is 10.3 Å². The summed E-state index contributed by atoms with van der Waals surface area (Å²) in [5.74, 6) is -0.210. The van der Waals surface area contributed by atoms with Gasteiger partial charge in [0.15, 0.2) is 0 Å². The third kappa shape index (κ3) is 2.77. The lowest BCUT2D eigenvalue weighted by Gasteiger charge is -2.42. The maximum absolute atomic E-state index is 12.8. The van der Waals surface area contributed by atoms with E-state index in [0.29, 0.717) is 5.69 Å². The minimum atomic E-state index is -0.528. The average molecular weight is 289 g/mol. The van der Waals surface area contributed by atoms with Gasteiger partial charge >= 0.3 is 0 Å². The molecule has 1 N–H and O–H groups in total. The first-order valence-electron chi connectivity index (χ1n) is 7.20. The van der Waals surface area contributed by atoms with Gasteiger partial charge in [0.1, 0.15) is 12.1 Å². The van der Waals surface area contributed by atoms with Gasteiger partial charge in [-0.2, -0.15) is 0 Å². The first-order valence-corrected chi connectivity index (χ1v) is 7.20. The number of aryl methyl sites for hydroxylation is 2. The molecule has 0 saturated carbocycles. The first kappa shape index (κ1) is 15.5. The third-order valence-corrected chi connectivity index (χ3v) is 3.86. The van der Waals surface area contributed by atoms with E-state index >= 15 is 0 Å². The van der Waals surface area contributed by atoms with Crippen molar-refractivity contribution in [2.45, 2.75) is 53.6 Å². The summed E-state index contributed by atoms with van der Waals surface area (Å²) in [6.07, 6.45) is 0. The number of pyridine rings is 1. The second-order valence-electron chi connectivity index (χ2n) is 6.75. The van der Waals surface area contributed by atoms with Crippen molar-refractivity contribution >= 4 is 17.5 Å². The van der Waals surface area contributed by atoms with Gasteiger partial charge < -0.3 is 5.32 Å². The zero-order chi connectivity index (χ0) is 15.9. The molecule has 2 unspecified atom stereocenters. The normalized spacial score (nSPS) is 23.2. The Labute approximate surface area is 125 Å². The summed E-state index contributed by atoms with van der Waals surface area (Å²) in [5.41, 5.74) is 2.03. The van der Waals surface area contributed by atoms with Crippen molar-refractivity contribution in [2.24, 2.45) is 5.41 Å². The second kappa shape index (κ2) is 5.13. The van der Waals surface area contributed by atoms with Gasteiger partial charge in [-0.3, -0.25) is 19.5 Å². The van der Waals surface area contributed by atoms with Crippen molar-refractivity contribution < 1.29 is 9.59 Å². The molecule has 2 heterocycles. The van der Waals surface area contributed by atoms with Crippen LogP contribution in [0.2, 0.25) is 0 Å². The van der Waals surface area contributed by atoms with Crippen molar-refractivity contribution in [3.63, 3.8) is 0 Å². The zero-order valence-electron chi connectivity index (χ0n) is 13.5. The van der Waals surface area contributed by atoms with Crippen molar-refractivity contribution in [3.8, 4) is 0 Å². The first-order chi connectivity index (χ1) is 9.62. The largest absolute Gasteiger partial charge is 0.342 e. The van der Waals surface area contributed by atoms with Crippen LogP contribution in [0.25, 0.3) is 0 Å². The van der Waals surface area contributed by atoms with Crippen LogP contribution in [0, 0.1) is 19.3 Å². The summed E-state index contributed by atoms with van der Waals surface area (Å²) >= 11 is 0. The highest BCUT2D eigenvalue weighted by Gasteiger charge is 2.44. The smallest absolute Gasteiger partial charge is 0.250 e. The molecule has 1 aliphatic rings. The van der Waals surface area contributed by atoms with E-state index in [0.717, 1.165) is 11.4 Å². The Balaban J connectivity index is 2.48. The third-order valence-electron chi connectivity index (χ3n) is 3.86. The maximum Gasteiger partial charge on any atom is 0.250 e. The molecule has 1 fully saturated rings. The topological polar surface area (TPSA) is 62.3 Å². The van der Waals surface area contributed by atoms with Crippen LogP contribution >= 0.6 is 0 Å². The molecule has 114 valence electrons. The molecule has 0 radical (unpaired) electrons. The van der Waals surface area contributed by atoms with Crippen LogP contribution in [0.3, 0.4) is 0 Å². The predicted molar refractivity (Wildman–Crippen MR) is 82.0 cm³/mol. The summed E-state index contributed by atoms with van der Waals surface area (Å²) in [6, 6.07) is 2.67. The molecule has 5 nitrogen and oxygen atoms in total. The average Bonchev–Trinajstić information content (AvgIpc) is 2.35. The summed E-state index contributed by atoms with van der Waals surface area (Å²) in [4.78, 5) is 31.1. The number of piperazine rings is 1. The summed E-state index contributed by atoms with van der Waals surface area (Å²) in [5, 5.41) is 2.84. The fourth-order valence-corrected chi connectivity index (χ4v) is 2.62. The summed E-state index contributed by atoms with van der Waals surface area (Å²) in [7, 11) is 0. The Morgan fingerprint density at radius 2 is 1.81 bits per heavy atom. The van der Waals surface area contributed by atoms with E-state index in [-0.39, 0.29) is 17.2 Å². The molecule has 21 heavy (non-hydrogen) atoms. The number of anilines is 1. The number of hydrogen-bond acceptors (Lipinski definition) is 3. The highest BCUT2D eigenvalue weighted by atomic mass is 16.2. The van der Waals surface area contributed by atoms with E-state index < -0.39 is 12.1 Å². The molecule has 1 aliphatic heterocycles. The van der Waals surface area contributed by atoms with Crippen LogP contribution < -0.4 is 10.2 Å². The Morgan fingerprint density at radius 3 is 2.33 bits per heavy atom. The molecule has 2 atom stereocenters. The van der Waals surface area contributed by atoms with Crippen LogP contribution in [0.15, 0.2) is 12.1 Å². The van der Waals surface area contributed by atoms with Gasteiger partial charge in [-0.25, -0.2) is 0 Å². The highest BCUT2D eigenvalue weighted by Crippen LogP contribution is 2.30. The maximum atomic E-state index is 12.8. The van der Waals surface area contributed by atoms with Crippen LogP contribution in [-0.4, -0.2) is 28.9 Å². The fraction of sp³-hybridized carbons (Fsp3) is 0.562. The molecule has 2 rings (SSSR count). The van der Waals surface area contributed by atoms with Gasteiger partial charge in [0.2, 0.25) is 5.91 Å². The van der Waals surface area contributed by atoms with E-state index in [1.54, 1.807) is 11.8 Å². The summed E-state index contributed by atoms with van der Waals surface area (Å²) in [6.45, 7) is 11.4. The summed E-state index contributed by atoms with van der Waals surface area (Å²) < 4.78 is 0. The lowest BCUT2D eigenvalue weighted by molar-refractivity contribution is -0.136. The molecule has 1 aromatic rings. The lowest BCUT2D eigenvalue weighted by Crippen LogP contribution is -2.66. The van der Waals surface area contributed by atoms with Crippen LogP contribution in [-0.2, 0) is 9.59 Å². The van der Waals surface area contributed by atoms with Gasteiger partial charge in [0, 0.05) is 5.69 Å². The van der Waals surface area contributed by atoms with Crippen molar-refractivity contribution in [3.05, 3.63) is 23.5 Å². The van der Waals surface area contributed by atoms with E-state index in [1.165, 1.54) is 0 Å². The predicted octanol–water partition coefficient (Wildman–Crippen LogP) is 1.96. The fourth-order valence-electron chi connectivity index (χ4n) is 2.62. The molecule has 0 spiro atoms.